The number of nitrogens with one attached hydrogen (secondary N) is 2. The number of hydrogen-bond donors (Lipinski definition) is 2. The van der Waals surface area contributed by atoms with Crippen LogP contribution < -0.4 is 10.0 Å². The van der Waals surface area contributed by atoms with Crippen molar-refractivity contribution in [2.24, 2.45) is 4.99 Å². The highest BCUT2D eigenvalue weighted by Gasteiger charge is 2.24. The van der Waals surface area contributed by atoms with E-state index in [4.69, 9.17) is 11.6 Å². The zero-order valence-corrected chi connectivity index (χ0v) is 18.0. The van der Waals surface area contributed by atoms with Crippen LogP contribution in [0, 0.1) is 0 Å². The molecular formula is C20H15ClN4O3S2. The monoisotopic (exact) mass is 458 g/mol. The number of aliphatic imine (C=N–C) groups is 1. The minimum atomic E-state index is -3.43. The van der Waals surface area contributed by atoms with Crippen LogP contribution >= 0.6 is 23.4 Å². The number of sulfonamides is 1. The van der Waals surface area contributed by atoms with Crippen LogP contribution in [0.15, 0.2) is 64.6 Å². The molecule has 0 unspecified atom stereocenters. The summed E-state index contributed by atoms with van der Waals surface area (Å²) < 4.78 is 25.2. The number of fused-ring (bicyclic) bond motifs is 1. The molecule has 0 saturated carbocycles. The van der Waals surface area contributed by atoms with Gasteiger partial charge in [0, 0.05) is 11.6 Å². The van der Waals surface area contributed by atoms with E-state index in [1.807, 2.05) is 30.3 Å². The summed E-state index contributed by atoms with van der Waals surface area (Å²) in [7, 11) is -3.43. The van der Waals surface area contributed by atoms with E-state index in [9.17, 15) is 13.2 Å². The quantitative estimate of drug-likeness (QED) is 0.572. The van der Waals surface area contributed by atoms with Gasteiger partial charge >= 0.3 is 0 Å². The van der Waals surface area contributed by atoms with E-state index in [2.05, 4.69) is 20.0 Å². The van der Waals surface area contributed by atoms with Crippen LogP contribution in [0.25, 0.3) is 17.0 Å². The maximum absolute atomic E-state index is 12.4. The Labute approximate surface area is 182 Å². The molecule has 1 aliphatic rings. The summed E-state index contributed by atoms with van der Waals surface area (Å²) in [6.07, 6.45) is 4.56. The Kier molecular flexibility index (Phi) is 5.50. The highest BCUT2D eigenvalue weighted by Crippen LogP contribution is 2.33. The first-order chi connectivity index (χ1) is 14.3. The minimum absolute atomic E-state index is 0.272. The molecule has 1 aromatic heterocycles. The molecule has 1 saturated heterocycles. The van der Waals surface area contributed by atoms with Gasteiger partial charge in [0.2, 0.25) is 10.0 Å². The van der Waals surface area contributed by atoms with Gasteiger partial charge in [-0.05, 0) is 59.8 Å². The van der Waals surface area contributed by atoms with Gasteiger partial charge in [-0.15, -0.1) is 0 Å². The van der Waals surface area contributed by atoms with Gasteiger partial charge in [-0.3, -0.25) is 14.5 Å². The average molecular weight is 459 g/mol. The number of carbonyl (C=O) groups is 1. The third-order valence-electron chi connectivity index (χ3n) is 4.05. The Balaban J connectivity index is 1.60. The first-order valence-electron chi connectivity index (χ1n) is 8.68. The van der Waals surface area contributed by atoms with Crippen LogP contribution in [0.5, 0.6) is 0 Å². The Hall–Kier alpha value is -2.88. The topological polar surface area (TPSA) is 101 Å². The maximum Gasteiger partial charge on any atom is 0.264 e. The van der Waals surface area contributed by atoms with Crippen molar-refractivity contribution in [1.29, 1.82) is 0 Å². The fourth-order valence-corrected chi connectivity index (χ4v) is 4.35. The molecule has 1 fully saturated rings. The fraction of sp³-hybridized carbons (Fsp3) is 0.0500. The summed E-state index contributed by atoms with van der Waals surface area (Å²) in [5.41, 5.74) is 2.41. The molecule has 0 atom stereocenters. The van der Waals surface area contributed by atoms with Crippen molar-refractivity contribution in [3.05, 3.63) is 70.2 Å². The number of aromatic nitrogens is 1. The second kappa shape index (κ2) is 8.10. The molecule has 4 rings (SSSR count). The molecule has 10 heteroatoms. The van der Waals surface area contributed by atoms with Crippen LogP contribution in [0.3, 0.4) is 0 Å². The molecule has 0 aliphatic carbocycles. The van der Waals surface area contributed by atoms with E-state index in [0.29, 0.717) is 26.5 Å². The molecular weight excluding hydrogens is 444 g/mol. The normalized spacial score (nSPS) is 16.9. The van der Waals surface area contributed by atoms with Gasteiger partial charge in [0.25, 0.3) is 5.91 Å². The van der Waals surface area contributed by atoms with Crippen LogP contribution in [-0.4, -0.2) is 30.7 Å². The third-order valence-corrected chi connectivity index (χ3v) is 5.88. The van der Waals surface area contributed by atoms with Crippen molar-refractivity contribution in [1.82, 2.24) is 10.3 Å². The number of pyridine rings is 1. The number of benzene rings is 2. The summed E-state index contributed by atoms with van der Waals surface area (Å²) in [6.45, 7) is 0. The number of amides is 1. The van der Waals surface area contributed by atoms with Gasteiger partial charge in [0.1, 0.15) is 0 Å². The lowest BCUT2D eigenvalue weighted by Gasteiger charge is -2.06. The first kappa shape index (κ1) is 20.4. The number of carbonyl (C=O) groups excluding carboxylic acids is 1. The van der Waals surface area contributed by atoms with Crippen molar-refractivity contribution in [2.45, 2.75) is 0 Å². The molecule has 2 N–H and O–H groups in total. The van der Waals surface area contributed by atoms with Crippen molar-refractivity contribution in [3.63, 3.8) is 0 Å². The van der Waals surface area contributed by atoms with E-state index in [0.717, 1.165) is 22.7 Å². The molecule has 152 valence electrons. The smallest absolute Gasteiger partial charge is 0.264 e. The second-order valence-electron chi connectivity index (χ2n) is 6.48. The van der Waals surface area contributed by atoms with Crippen LogP contribution in [0.1, 0.15) is 5.56 Å². The Morgan fingerprint density at radius 3 is 2.83 bits per heavy atom. The van der Waals surface area contributed by atoms with Crippen LogP contribution in [0.2, 0.25) is 5.02 Å². The molecule has 3 aromatic rings. The largest absolute Gasteiger partial charge is 0.300 e. The van der Waals surface area contributed by atoms with Crippen molar-refractivity contribution < 1.29 is 13.2 Å². The minimum Gasteiger partial charge on any atom is -0.300 e. The zero-order valence-electron chi connectivity index (χ0n) is 15.6. The predicted molar refractivity (Wildman–Crippen MR) is 122 cm³/mol. The van der Waals surface area contributed by atoms with E-state index < -0.39 is 10.0 Å². The number of hydrogen-bond acceptors (Lipinski definition) is 6. The lowest BCUT2D eigenvalue weighted by atomic mass is 10.1. The van der Waals surface area contributed by atoms with Gasteiger partial charge in [-0.2, -0.15) is 0 Å². The standard InChI is InChI=1S/C20H15ClN4O3S2/c1-30(27,28)25-14-5-6-15(21)17(11-14)23-20-24-19(26)18(29-20)10-12-4-7-16-13(9-12)3-2-8-22-16/h2-11,25H,1H3,(H,23,24,26)/b18-10+. The zero-order chi connectivity index (χ0) is 21.3. The molecule has 1 aliphatic heterocycles. The number of halogens is 1. The average Bonchev–Trinajstić information content (AvgIpc) is 3.02. The van der Waals surface area contributed by atoms with Gasteiger partial charge in [-0.25, -0.2) is 13.4 Å². The first-order valence-corrected chi connectivity index (χ1v) is 11.8. The number of rotatable bonds is 4. The van der Waals surface area contributed by atoms with Crippen LogP contribution in [-0.2, 0) is 14.8 Å². The predicted octanol–water partition coefficient (Wildman–Crippen LogP) is 4.15. The molecule has 0 bridgehead atoms. The summed E-state index contributed by atoms with van der Waals surface area (Å²) in [6, 6.07) is 14.1. The number of amidine groups is 1. The highest BCUT2D eigenvalue weighted by atomic mass is 35.5. The lowest BCUT2D eigenvalue weighted by molar-refractivity contribution is -0.115. The van der Waals surface area contributed by atoms with Crippen molar-refractivity contribution in [3.8, 4) is 0 Å². The van der Waals surface area contributed by atoms with E-state index in [-0.39, 0.29) is 5.91 Å². The third kappa shape index (κ3) is 4.81. The van der Waals surface area contributed by atoms with Crippen LogP contribution in [0.4, 0.5) is 11.4 Å². The van der Waals surface area contributed by atoms with Crippen molar-refractivity contribution in [2.75, 3.05) is 11.0 Å². The highest BCUT2D eigenvalue weighted by molar-refractivity contribution is 8.18. The molecule has 1 amide bonds. The van der Waals surface area contributed by atoms with Gasteiger partial charge < -0.3 is 5.32 Å². The molecule has 30 heavy (non-hydrogen) atoms. The molecule has 7 nitrogen and oxygen atoms in total. The lowest BCUT2D eigenvalue weighted by Crippen LogP contribution is -2.19. The Morgan fingerprint density at radius 2 is 2.03 bits per heavy atom. The number of anilines is 1. The molecule has 2 aromatic carbocycles. The Bertz CT molecular complexity index is 1340. The summed E-state index contributed by atoms with van der Waals surface area (Å²) in [5.74, 6) is -0.272. The van der Waals surface area contributed by atoms with Crippen molar-refractivity contribution >= 4 is 72.8 Å². The number of thioether (sulfide) groups is 1. The molecule has 0 radical (unpaired) electrons. The Morgan fingerprint density at radius 1 is 1.20 bits per heavy atom. The fourth-order valence-electron chi connectivity index (χ4n) is 2.80. The summed E-state index contributed by atoms with van der Waals surface area (Å²) in [4.78, 5) is 21.5. The SMILES string of the molecule is CS(=O)(=O)Nc1ccc(Cl)c(N=C2NC(=O)/C(=C\c3ccc4ncccc4c3)S2)c1. The van der Waals surface area contributed by atoms with Gasteiger partial charge in [0.05, 0.1) is 33.1 Å². The maximum atomic E-state index is 12.4. The molecule has 2 heterocycles. The van der Waals surface area contributed by atoms with E-state index >= 15 is 0 Å². The number of nitrogens with zero attached hydrogens (tertiary/aromatic N) is 2. The van der Waals surface area contributed by atoms with E-state index in [1.165, 1.54) is 30.0 Å². The molecule has 0 spiro atoms. The van der Waals surface area contributed by atoms with E-state index in [1.54, 1.807) is 12.3 Å². The second-order valence-corrected chi connectivity index (χ2v) is 9.66. The summed E-state index contributed by atoms with van der Waals surface area (Å²) in [5, 5.41) is 4.36. The summed E-state index contributed by atoms with van der Waals surface area (Å²) >= 11 is 7.36. The van der Waals surface area contributed by atoms with Gasteiger partial charge in [-0.1, -0.05) is 23.7 Å². The van der Waals surface area contributed by atoms with Gasteiger partial charge in [0.15, 0.2) is 5.17 Å².